The Morgan fingerprint density at radius 3 is 2.95 bits per heavy atom. The first-order valence-electron chi connectivity index (χ1n) is 6.59. The molecule has 1 aromatic rings. The fraction of sp³-hybridized carbons (Fsp3) is 0.571. The topological polar surface area (TPSA) is 43.7 Å². The highest BCUT2D eigenvalue weighted by molar-refractivity contribution is 9.10. The predicted octanol–water partition coefficient (Wildman–Crippen LogP) is 2.98. The van der Waals surface area contributed by atoms with Crippen molar-refractivity contribution in [3.63, 3.8) is 0 Å². The van der Waals surface area contributed by atoms with Crippen LogP contribution in [0.3, 0.4) is 0 Å². The van der Waals surface area contributed by atoms with Gasteiger partial charge in [0.15, 0.2) is 0 Å². The summed E-state index contributed by atoms with van der Waals surface area (Å²) < 4.78 is 0.910. The minimum absolute atomic E-state index is 0.220. The number of aliphatic hydroxyl groups excluding tert-OH is 2. The van der Waals surface area contributed by atoms with Gasteiger partial charge in [0.1, 0.15) is 0 Å². The summed E-state index contributed by atoms with van der Waals surface area (Å²) in [6, 6.07) is 5.53. The number of benzene rings is 1. The van der Waals surface area contributed by atoms with Gasteiger partial charge in [0.2, 0.25) is 0 Å². The van der Waals surface area contributed by atoms with Crippen LogP contribution >= 0.6 is 27.5 Å². The van der Waals surface area contributed by atoms with Gasteiger partial charge in [-0.15, -0.1) is 0 Å². The molecule has 0 aromatic heterocycles. The molecular weight excluding hydrogens is 330 g/mol. The molecule has 106 valence electrons. The number of hydrogen-bond donors (Lipinski definition) is 2. The zero-order valence-corrected chi connectivity index (χ0v) is 13.1. The van der Waals surface area contributed by atoms with Crippen molar-refractivity contribution >= 4 is 27.5 Å². The van der Waals surface area contributed by atoms with Crippen LogP contribution in [0.25, 0.3) is 0 Å². The van der Waals surface area contributed by atoms with Crippen molar-refractivity contribution in [3.8, 4) is 0 Å². The number of halogens is 2. The van der Waals surface area contributed by atoms with E-state index in [1.54, 1.807) is 6.07 Å². The normalized spacial score (nSPS) is 22.4. The number of hydrogen-bond acceptors (Lipinski definition) is 3. The Balaban J connectivity index is 1.88. The van der Waals surface area contributed by atoms with E-state index in [9.17, 15) is 10.2 Å². The van der Waals surface area contributed by atoms with Crippen LogP contribution in [-0.4, -0.2) is 40.9 Å². The number of β-amino-alcohol motifs (C(OH)–C–C–N with tert-alkyl or cyclic N) is 1. The third-order valence-corrected chi connectivity index (χ3v) is 4.34. The second-order valence-corrected chi connectivity index (χ2v) is 6.39. The van der Waals surface area contributed by atoms with E-state index < -0.39 is 6.10 Å². The quantitative estimate of drug-likeness (QED) is 0.879. The molecule has 2 unspecified atom stereocenters. The molecule has 2 rings (SSSR count). The standard InChI is InChI=1S/C14H19BrClNO2/c15-10-3-4-12(13(16)8-10)14(19)5-7-17-6-1-2-11(18)9-17/h3-4,8,11,14,18-19H,1-2,5-7,9H2. The van der Waals surface area contributed by atoms with Gasteiger partial charge in [0.05, 0.1) is 12.2 Å². The molecule has 0 aliphatic carbocycles. The van der Waals surface area contributed by atoms with Crippen molar-refractivity contribution in [3.05, 3.63) is 33.3 Å². The van der Waals surface area contributed by atoms with Gasteiger partial charge in [0.25, 0.3) is 0 Å². The van der Waals surface area contributed by atoms with Crippen molar-refractivity contribution in [2.24, 2.45) is 0 Å². The predicted molar refractivity (Wildman–Crippen MR) is 80.4 cm³/mol. The number of likely N-dealkylation sites (tertiary alicyclic amines) is 1. The fourth-order valence-corrected chi connectivity index (χ4v) is 3.27. The summed E-state index contributed by atoms with van der Waals surface area (Å²) in [6.07, 6.45) is 1.77. The first-order chi connectivity index (χ1) is 9.06. The van der Waals surface area contributed by atoms with Crippen molar-refractivity contribution in [1.29, 1.82) is 0 Å². The van der Waals surface area contributed by atoms with Crippen molar-refractivity contribution in [1.82, 2.24) is 4.90 Å². The molecule has 19 heavy (non-hydrogen) atoms. The maximum Gasteiger partial charge on any atom is 0.0816 e. The molecule has 3 nitrogen and oxygen atoms in total. The number of aliphatic hydroxyl groups is 2. The molecule has 0 amide bonds. The number of piperidine rings is 1. The zero-order chi connectivity index (χ0) is 13.8. The third-order valence-electron chi connectivity index (χ3n) is 3.52. The maximum atomic E-state index is 10.2. The molecule has 0 radical (unpaired) electrons. The second kappa shape index (κ2) is 7.04. The molecule has 2 N–H and O–H groups in total. The lowest BCUT2D eigenvalue weighted by molar-refractivity contribution is 0.0590. The lowest BCUT2D eigenvalue weighted by Crippen LogP contribution is -2.39. The van der Waals surface area contributed by atoms with Crippen LogP contribution in [0.15, 0.2) is 22.7 Å². The summed E-state index contributed by atoms with van der Waals surface area (Å²) >= 11 is 9.48. The first-order valence-corrected chi connectivity index (χ1v) is 7.77. The van der Waals surface area contributed by atoms with Crippen molar-refractivity contribution in [2.45, 2.75) is 31.5 Å². The highest BCUT2D eigenvalue weighted by atomic mass is 79.9. The summed E-state index contributed by atoms with van der Waals surface area (Å²) in [4.78, 5) is 2.20. The highest BCUT2D eigenvalue weighted by Gasteiger charge is 2.19. The number of nitrogens with zero attached hydrogens (tertiary/aromatic N) is 1. The lowest BCUT2D eigenvalue weighted by Gasteiger charge is -2.30. The van der Waals surface area contributed by atoms with Gasteiger partial charge in [-0.05, 0) is 43.5 Å². The number of rotatable bonds is 4. The lowest BCUT2D eigenvalue weighted by atomic mass is 10.0. The Morgan fingerprint density at radius 2 is 2.26 bits per heavy atom. The van der Waals surface area contributed by atoms with Gasteiger partial charge in [-0.2, -0.15) is 0 Å². The van der Waals surface area contributed by atoms with E-state index in [-0.39, 0.29) is 6.10 Å². The highest BCUT2D eigenvalue weighted by Crippen LogP contribution is 2.28. The molecule has 0 bridgehead atoms. The van der Waals surface area contributed by atoms with Crippen LogP contribution < -0.4 is 0 Å². The van der Waals surface area contributed by atoms with Crippen LogP contribution in [0, 0.1) is 0 Å². The summed E-state index contributed by atoms with van der Waals surface area (Å²) in [5.41, 5.74) is 0.766. The smallest absolute Gasteiger partial charge is 0.0816 e. The van der Waals surface area contributed by atoms with Crippen molar-refractivity contribution in [2.75, 3.05) is 19.6 Å². The largest absolute Gasteiger partial charge is 0.392 e. The van der Waals surface area contributed by atoms with Gasteiger partial charge >= 0.3 is 0 Å². The van der Waals surface area contributed by atoms with E-state index in [4.69, 9.17) is 11.6 Å². The Hall–Kier alpha value is -0.130. The molecule has 1 aromatic carbocycles. The van der Waals surface area contributed by atoms with Gasteiger partial charge in [-0.25, -0.2) is 0 Å². The molecule has 1 fully saturated rings. The zero-order valence-electron chi connectivity index (χ0n) is 10.7. The Labute approximate surface area is 127 Å². The van der Waals surface area contributed by atoms with Crippen LogP contribution in [0.2, 0.25) is 5.02 Å². The van der Waals surface area contributed by atoms with Crippen LogP contribution in [0.5, 0.6) is 0 Å². The Morgan fingerprint density at radius 1 is 1.47 bits per heavy atom. The minimum atomic E-state index is -0.556. The third kappa shape index (κ3) is 4.43. The SMILES string of the molecule is OC1CCCN(CCC(O)c2ccc(Br)cc2Cl)C1. The second-order valence-electron chi connectivity index (χ2n) is 5.07. The maximum absolute atomic E-state index is 10.2. The van der Waals surface area contributed by atoms with Crippen molar-refractivity contribution < 1.29 is 10.2 Å². The van der Waals surface area contributed by atoms with Gasteiger partial charge in [0, 0.05) is 22.6 Å². The molecular formula is C14H19BrClNO2. The Bertz CT molecular complexity index is 430. The van der Waals surface area contributed by atoms with E-state index in [0.29, 0.717) is 18.0 Å². The van der Waals surface area contributed by atoms with Gasteiger partial charge < -0.3 is 15.1 Å². The van der Waals surface area contributed by atoms with Crippen LogP contribution in [0.4, 0.5) is 0 Å². The molecule has 2 atom stereocenters. The fourth-order valence-electron chi connectivity index (χ4n) is 2.47. The molecule has 1 heterocycles. The Kier molecular flexibility index (Phi) is 5.66. The average molecular weight is 349 g/mol. The summed E-state index contributed by atoms with van der Waals surface area (Å²) in [5, 5.41) is 20.4. The van der Waals surface area contributed by atoms with Crippen LogP contribution in [0.1, 0.15) is 30.9 Å². The van der Waals surface area contributed by atoms with E-state index in [2.05, 4.69) is 20.8 Å². The summed E-state index contributed by atoms with van der Waals surface area (Å²) in [5.74, 6) is 0. The molecule has 5 heteroatoms. The van der Waals surface area contributed by atoms with E-state index in [1.807, 2.05) is 12.1 Å². The van der Waals surface area contributed by atoms with E-state index in [0.717, 1.165) is 36.0 Å². The molecule has 1 aliphatic rings. The average Bonchev–Trinajstić information content (AvgIpc) is 2.36. The van der Waals surface area contributed by atoms with Gasteiger partial charge in [-0.1, -0.05) is 33.6 Å². The van der Waals surface area contributed by atoms with E-state index >= 15 is 0 Å². The molecule has 1 saturated heterocycles. The minimum Gasteiger partial charge on any atom is -0.392 e. The monoisotopic (exact) mass is 347 g/mol. The summed E-state index contributed by atoms with van der Waals surface area (Å²) in [6.45, 7) is 2.49. The summed E-state index contributed by atoms with van der Waals surface area (Å²) in [7, 11) is 0. The molecule has 0 spiro atoms. The first kappa shape index (κ1) is 15.3. The molecule has 1 aliphatic heterocycles. The molecule has 0 saturated carbocycles. The van der Waals surface area contributed by atoms with Crippen LogP contribution in [-0.2, 0) is 0 Å². The van der Waals surface area contributed by atoms with E-state index in [1.165, 1.54) is 0 Å². The van der Waals surface area contributed by atoms with Gasteiger partial charge in [-0.3, -0.25) is 0 Å².